The van der Waals surface area contributed by atoms with Crippen LogP contribution in [-0.2, 0) is 10.0 Å². The van der Waals surface area contributed by atoms with Crippen LogP contribution in [0.2, 0.25) is 0 Å². The third-order valence-electron chi connectivity index (χ3n) is 1.49. The predicted octanol–water partition coefficient (Wildman–Crippen LogP) is 0.716. The molecule has 0 aliphatic heterocycles. The maximum Gasteiger partial charge on any atom is 0.242 e. The lowest BCUT2D eigenvalue weighted by Gasteiger charge is -2.02. The number of sulfonamides is 1. The zero-order chi connectivity index (χ0) is 10.2. The molecule has 0 atom stereocenters. The maximum absolute atomic E-state index is 11.0. The Morgan fingerprint density at radius 2 is 2.15 bits per heavy atom. The molecule has 1 aromatic rings. The van der Waals surface area contributed by atoms with Gasteiger partial charge in [-0.3, -0.25) is 4.68 Å². The molecule has 0 fully saturated rings. The maximum atomic E-state index is 11.0. The highest BCUT2D eigenvalue weighted by Crippen LogP contribution is 2.16. The number of nitrogens with two attached hydrogens (primary N) is 1. The molecule has 0 saturated carbocycles. The summed E-state index contributed by atoms with van der Waals surface area (Å²) in [4.78, 5) is 0.0850. The van der Waals surface area contributed by atoms with Gasteiger partial charge >= 0.3 is 0 Å². The van der Waals surface area contributed by atoms with Crippen molar-refractivity contribution in [2.24, 2.45) is 5.14 Å². The Balaban J connectivity index is 3.27. The third-order valence-corrected chi connectivity index (χ3v) is 3.57. The molecule has 74 valence electrons. The number of hydrogen-bond donors (Lipinski definition) is 1. The summed E-state index contributed by atoms with van der Waals surface area (Å²) in [6, 6.07) is 0.129. The molecule has 0 unspecified atom stereocenters. The largest absolute Gasteiger partial charge is 0.268 e. The molecule has 0 aromatic carbocycles. The second-order valence-electron chi connectivity index (χ2n) is 2.90. The van der Waals surface area contributed by atoms with Gasteiger partial charge in [-0.05, 0) is 36.4 Å². The predicted molar refractivity (Wildman–Crippen MR) is 56.7 cm³/mol. The number of hydrogen-bond acceptors (Lipinski definition) is 3. The van der Waals surface area contributed by atoms with E-state index < -0.39 is 10.0 Å². The normalized spacial score (nSPS) is 12.4. The van der Waals surface area contributed by atoms with Crippen molar-refractivity contribution in [1.82, 2.24) is 9.78 Å². The van der Waals surface area contributed by atoms with Gasteiger partial charge in [-0.1, -0.05) is 0 Å². The minimum absolute atomic E-state index is 0.0850. The first-order chi connectivity index (χ1) is 5.82. The van der Waals surface area contributed by atoms with Crippen molar-refractivity contribution in [2.75, 3.05) is 0 Å². The number of primary sulfonamides is 1. The first-order valence-corrected chi connectivity index (χ1v) is 6.22. The molecule has 0 saturated heterocycles. The van der Waals surface area contributed by atoms with Crippen LogP contribution >= 0.6 is 22.6 Å². The minimum Gasteiger partial charge on any atom is -0.268 e. The van der Waals surface area contributed by atoms with E-state index in [1.807, 2.05) is 36.4 Å². The van der Waals surface area contributed by atoms with E-state index in [4.69, 9.17) is 5.14 Å². The molecule has 0 spiro atoms. The summed E-state index contributed by atoms with van der Waals surface area (Å²) in [6.07, 6.45) is 1.45. The quantitative estimate of drug-likeness (QED) is 0.817. The van der Waals surface area contributed by atoms with Crippen LogP contribution in [0.15, 0.2) is 11.1 Å². The molecule has 0 radical (unpaired) electrons. The third kappa shape index (κ3) is 2.41. The summed E-state index contributed by atoms with van der Waals surface area (Å²) < 4.78 is 24.0. The van der Waals surface area contributed by atoms with E-state index in [0.717, 1.165) is 0 Å². The summed E-state index contributed by atoms with van der Waals surface area (Å²) in [7, 11) is -3.64. The van der Waals surface area contributed by atoms with Gasteiger partial charge in [-0.15, -0.1) is 0 Å². The average molecular weight is 315 g/mol. The van der Waals surface area contributed by atoms with Crippen LogP contribution in [0.25, 0.3) is 0 Å². The van der Waals surface area contributed by atoms with Crippen molar-refractivity contribution < 1.29 is 8.42 Å². The highest BCUT2D eigenvalue weighted by atomic mass is 127. The van der Waals surface area contributed by atoms with Gasteiger partial charge in [0.15, 0.2) is 0 Å². The van der Waals surface area contributed by atoms with E-state index in [2.05, 4.69) is 5.10 Å². The van der Waals surface area contributed by atoms with Gasteiger partial charge < -0.3 is 0 Å². The molecule has 1 heterocycles. The first kappa shape index (κ1) is 10.9. The van der Waals surface area contributed by atoms with Crippen LogP contribution in [0.3, 0.4) is 0 Å². The van der Waals surface area contributed by atoms with E-state index in [1.54, 1.807) is 4.68 Å². The standard InChI is InChI=1S/C6H10IN3O2S/c1-4(2)10-3-5(6(7)9-10)13(8,11)12/h3-4H,1-2H3,(H2,8,11,12). The summed E-state index contributed by atoms with van der Waals surface area (Å²) in [5.74, 6) is 0. The molecule has 7 heteroatoms. The summed E-state index contributed by atoms with van der Waals surface area (Å²) in [5.41, 5.74) is 0. The van der Waals surface area contributed by atoms with Crippen molar-refractivity contribution in [3.63, 3.8) is 0 Å². The fraction of sp³-hybridized carbons (Fsp3) is 0.500. The Morgan fingerprint density at radius 3 is 2.38 bits per heavy atom. The van der Waals surface area contributed by atoms with Gasteiger partial charge in [0, 0.05) is 12.2 Å². The van der Waals surface area contributed by atoms with Gasteiger partial charge in [-0.25, -0.2) is 13.6 Å². The van der Waals surface area contributed by atoms with Crippen LogP contribution < -0.4 is 5.14 Å². The molecule has 0 aliphatic rings. The summed E-state index contributed by atoms with van der Waals surface area (Å²) >= 11 is 1.85. The van der Waals surface area contributed by atoms with Crippen molar-refractivity contribution in [2.45, 2.75) is 24.8 Å². The van der Waals surface area contributed by atoms with E-state index in [1.165, 1.54) is 6.20 Å². The highest BCUT2D eigenvalue weighted by molar-refractivity contribution is 14.1. The zero-order valence-corrected chi connectivity index (χ0v) is 10.2. The molecule has 13 heavy (non-hydrogen) atoms. The van der Waals surface area contributed by atoms with E-state index in [-0.39, 0.29) is 10.9 Å². The first-order valence-electron chi connectivity index (χ1n) is 3.60. The molecule has 2 N–H and O–H groups in total. The fourth-order valence-electron chi connectivity index (χ4n) is 0.808. The molecular formula is C6H10IN3O2S. The summed E-state index contributed by atoms with van der Waals surface area (Å²) in [5, 5.41) is 9.01. The van der Waals surface area contributed by atoms with E-state index in [9.17, 15) is 8.42 Å². The van der Waals surface area contributed by atoms with Gasteiger partial charge in [0.2, 0.25) is 10.0 Å². The van der Waals surface area contributed by atoms with Crippen LogP contribution in [0.5, 0.6) is 0 Å². The SMILES string of the molecule is CC(C)n1cc(S(N)(=O)=O)c(I)n1. The number of halogens is 1. The van der Waals surface area contributed by atoms with Gasteiger partial charge in [0.05, 0.1) is 0 Å². The molecule has 1 rings (SSSR count). The number of rotatable bonds is 2. The second kappa shape index (κ2) is 3.54. The van der Waals surface area contributed by atoms with Crippen molar-refractivity contribution in [3.8, 4) is 0 Å². The molecule has 0 aliphatic carbocycles. The second-order valence-corrected chi connectivity index (χ2v) is 5.45. The average Bonchev–Trinajstić information content (AvgIpc) is 2.29. The van der Waals surface area contributed by atoms with Gasteiger partial charge in [0.1, 0.15) is 8.60 Å². The molecule has 0 bridgehead atoms. The Hall–Kier alpha value is -0.150. The van der Waals surface area contributed by atoms with Gasteiger partial charge in [-0.2, -0.15) is 5.10 Å². The number of aromatic nitrogens is 2. The topological polar surface area (TPSA) is 78.0 Å². The Bertz CT molecular complexity index is 410. The molecule has 5 nitrogen and oxygen atoms in total. The molecule has 1 aromatic heterocycles. The van der Waals surface area contributed by atoms with Gasteiger partial charge in [0.25, 0.3) is 0 Å². The van der Waals surface area contributed by atoms with Crippen molar-refractivity contribution in [1.29, 1.82) is 0 Å². The van der Waals surface area contributed by atoms with Crippen LogP contribution in [-0.4, -0.2) is 18.2 Å². The van der Waals surface area contributed by atoms with Crippen molar-refractivity contribution >= 4 is 32.6 Å². The number of nitrogens with zero attached hydrogens (tertiary/aromatic N) is 2. The van der Waals surface area contributed by atoms with Crippen LogP contribution in [0.4, 0.5) is 0 Å². The lowest BCUT2D eigenvalue weighted by Crippen LogP contribution is -2.12. The smallest absolute Gasteiger partial charge is 0.242 e. The van der Waals surface area contributed by atoms with Crippen LogP contribution in [0.1, 0.15) is 19.9 Å². The Labute approximate surface area is 90.5 Å². The minimum atomic E-state index is -3.64. The molecular weight excluding hydrogens is 305 g/mol. The lowest BCUT2D eigenvalue weighted by atomic mass is 10.4. The summed E-state index contributed by atoms with van der Waals surface area (Å²) in [6.45, 7) is 3.83. The Morgan fingerprint density at radius 1 is 1.62 bits per heavy atom. The lowest BCUT2D eigenvalue weighted by molar-refractivity contribution is 0.528. The Kier molecular flexibility index (Phi) is 2.98. The highest BCUT2D eigenvalue weighted by Gasteiger charge is 2.17. The van der Waals surface area contributed by atoms with Crippen LogP contribution in [0, 0.1) is 3.70 Å². The zero-order valence-electron chi connectivity index (χ0n) is 7.23. The van der Waals surface area contributed by atoms with E-state index >= 15 is 0 Å². The van der Waals surface area contributed by atoms with E-state index in [0.29, 0.717) is 3.70 Å². The fourth-order valence-corrected chi connectivity index (χ4v) is 2.65. The van der Waals surface area contributed by atoms with Crippen molar-refractivity contribution in [3.05, 3.63) is 9.90 Å². The molecule has 0 amide bonds. The monoisotopic (exact) mass is 315 g/mol.